The van der Waals surface area contributed by atoms with E-state index >= 15 is 0 Å². The third-order valence-corrected chi connectivity index (χ3v) is 3.18. The Bertz CT molecular complexity index is 314. The highest BCUT2D eigenvalue weighted by Crippen LogP contribution is 2.21. The van der Waals surface area contributed by atoms with Gasteiger partial charge in [0.15, 0.2) is 0 Å². The first-order valence-electron chi connectivity index (χ1n) is 4.84. The second-order valence-electron chi connectivity index (χ2n) is 3.13. The molecule has 0 radical (unpaired) electrons. The van der Waals surface area contributed by atoms with Gasteiger partial charge in [0.2, 0.25) is 5.91 Å². The average molecular weight is 248 g/mol. The van der Waals surface area contributed by atoms with Crippen LogP contribution >= 0.6 is 22.9 Å². The lowest BCUT2D eigenvalue weighted by Crippen LogP contribution is -2.25. The quantitative estimate of drug-likeness (QED) is 0.806. The number of hydrogen-bond donors (Lipinski definition) is 2. The van der Waals surface area contributed by atoms with Crippen molar-refractivity contribution < 1.29 is 9.90 Å². The number of halogens is 1. The van der Waals surface area contributed by atoms with Gasteiger partial charge in [-0.15, -0.1) is 11.3 Å². The first-order chi connectivity index (χ1) is 7.22. The lowest BCUT2D eigenvalue weighted by atomic mass is 10.3. The van der Waals surface area contributed by atoms with Gasteiger partial charge in [-0.1, -0.05) is 11.6 Å². The maximum absolute atomic E-state index is 11.2. The normalized spacial score (nSPS) is 10.3. The molecule has 1 aromatic rings. The second-order valence-corrected chi connectivity index (χ2v) is 4.93. The van der Waals surface area contributed by atoms with Crippen LogP contribution in [0.3, 0.4) is 0 Å². The fourth-order valence-corrected chi connectivity index (χ4v) is 2.23. The van der Waals surface area contributed by atoms with Crippen molar-refractivity contribution >= 4 is 28.8 Å². The summed E-state index contributed by atoms with van der Waals surface area (Å²) < 4.78 is 0.775. The topological polar surface area (TPSA) is 49.3 Å². The van der Waals surface area contributed by atoms with E-state index in [1.54, 1.807) is 0 Å². The van der Waals surface area contributed by atoms with Crippen LogP contribution in [0.2, 0.25) is 4.34 Å². The van der Waals surface area contributed by atoms with Gasteiger partial charge in [0, 0.05) is 24.4 Å². The van der Waals surface area contributed by atoms with E-state index in [0.717, 1.165) is 10.8 Å². The largest absolute Gasteiger partial charge is 0.396 e. The fourth-order valence-electron chi connectivity index (χ4n) is 1.14. The zero-order valence-electron chi connectivity index (χ0n) is 8.33. The minimum absolute atomic E-state index is 0.00768. The van der Waals surface area contributed by atoms with Crippen LogP contribution in [0.1, 0.15) is 17.7 Å². The molecule has 1 rings (SSSR count). The van der Waals surface area contributed by atoms with E-state index in [9.17, 15) is 4.79 Å². The minimum atomic E-state index is -0.00768. The van der Waals surface area contributed by atoms with Gasteiger partial charge in [0.1, 0.15) is 0 Å². The molecule has 0 spiro atoms. The van der Waals surface area contributed by atoms with Crippen molar-refractivity contribution in [2.45, 2.75) is 19.3 Å². The van der Waals surface area contributed by atoms with Crippen LogP contribution in [0.5, 0.6) is 0 Å². The molecule has 84 valence electrons. The van der Waals surface area contributed by atoms with Gasteiger partial charge in [-0.3, -0.25) is 4.79 Å². The second kappa shape index (κ2) is 6.82. The van der Waals surface area contributed by atoms with E-state index in [0.29, 0.717) is 19.4 Å². The Morgan fingerprint density at radius 3 is 2.93 bits per heavy atom. The monoisotopic (exact) mass is 247 g/mol. The van der Waals surface area contributed by atoms with Gasteiger partial charge in [0.25, 0.3) is 0 Å². The highest BCUT2D eigenvalue weighted by Gasteiger charge is 2.01. The van der Waals surface area contributed by atoms with Crippen LogP contribution in [0, 0.1) is 0 Å². The summed E-state index contributed by atoms with van der Waals surface area (Å²) in [6.07, 6.45) is 1.72. The molecule has 1 aromatic heterocycles. The predicted octanol–water partition coefficient (Wildman–Crippen LogP) is 1.83. The Balaban J connectivity index is 2.13. The number of thiophene rings is 1. The summed E-state index contributed by atoms with van der Waals surface area (Å²) in [6.45, 7) is 0.690. The Kier molecular flexibility index (Phi) is 5.68. The standard InChI is InChI=1S/C10H14ClNO2S/c11-9-4-3-8(15-9)5-6-12-10(14)2-1-7-13/h3-4,13H,1-2,5-7H2,(H,12,14). The molecular weight excluding hydrogens is 234 g/mol. The molecule has 5 heteroatoms. The number of hydrogen-bond acceptors (Lipinski definition) is 3. The molecule has 2 N–H and O–H groups in total. The van der Waals surface area contributed by atoms with Crippen molar-refractivity contribution in [1.29, 1.82) is 0 Å². The first-order valence-corrected chi connectivity index (χ1v) is 6.03. The molecule has 0 aliphatic carbocycles. The van der Waals surface area contributed by atoms with E-state index in [1.165, 1.54) is 16.2 Å². The van der Waals surface area contributed by atoms with Crippen LogP contribution in [0.15, 0.2) is 12.1 Å². The van der Waals surface area contributed by atoms with Gasteiger partial charge >= 0.3 is 0 Å². The molecule has 0 saturated heterocycles. The summed E-state index contributed by atoms with van der Waals surface area (Å²) in [5, 5.41) is 11.3. The Morgan fingerprint density at radius 1 is 1.53 bits per heavy atom. The number of aliphatic hydroxyl groups is 1. The lowest BCUT2D eigenvalue weighted by Gasteiger charge is -2.02. The molecule has 0 aliphatic rings. The summed E-state index contributed by atoms with van der Waals surface area (Å²) in [4.78, 5) is 12.3. The molecule has 1 amide bonds. The van der Waals surface area contributed by atoms with E-state index in [1.807, 2.05) is 12.1 Å². The van der Waals surface area contributed by atoms with Crippen molar-refractivity contribution in [1.82, 2.24) is 5.32 Å². The molecule has 0 saturated carbocycles. The summed E-state index contributed by atoms with van der Waals surface area (Å²) in [5.74, 6) is -0.00768. The van der Waals surface area contributed by atoms with E-state index in [4.69, 9.17) is 16.7 Å². The molecule has 0 atom stereocenters. The third kappa shape index (κ3) is 5.16. The zero-order valence-corrected chi connectivity index (χ0v) is 9.90. The van der Waals surface area contributed by atoms with Crippen molar-refractivity contribution in [3.05, 3.63) is 21.3 Å². The first kappa shape index (κ1) is 12.5. The van der Waals surface area contributed by atoms with E-state index < -0.39 is 0 Å². The number of rotatable bonds is 6. The van der Waals surface area contributed by atoms with Gasteiger partial charge in [-0.05, 0) is 25.0 Å². The van der Waals surface area contributed by atoms with Gasteiger partial charge < -0.3 is 10.4 Å². The van der Waals surface area contributed by atoms with Crippen molar-refractivity contribution in [3.63, 3.8) is 0 Å². The average Bonchev–Trinajstić information content (AvgIpc) is 2.61. The van der Waals surface area contributed by atoms with Crippen molar-refractivity contribution in [3.8, 4) is 0 Å². The molecule has 15 heavy (non-hydrogen) atoms. The van der Waals surface area contributed by atoms with Gasteiger partial charge in [-0.2, -0.15) is 0 Å². The number of carbonyl (C=O) groups excluding carboxylic acids is 1. The fraction of sp³-hybridized carbons (Fsp3) is 0.500. The summed E-state index contributed by atoms with van der Waals surface area (Å²) in [6, 6.07) is 3.82. The Hall–Kier alpha value is -0.580. The third-order valence-electron chi connectivity index (χ3n) is 1.88. The van der Waals surface area contributed by atoms with Crippen LogP contribution in [0.4, 0.5) is 0 Å². The zero-order chi connectivity index (χ0) is 11.1. The Labute approximate surface area is 98.1 Å². The smallest absolute Gasteiger partial charge is 0.220 e. The number of carbonyl (C=O) groups is 1. The molecule has 0 fully saturated rings. The Morgan fingerprint density at radius 2 is 2.33 bits per heavy atom. The molecular formula is C10H14ClNO2S. The number of aliphatic hydroxyl groups excluding tert-OH is 1. The molecule has 0 bridgehead atoms. The van der Waals surface area contributed by atoms with Crippen molar-refractivity contribution in [2.24, 2.45) is 0 Å². The van der Waals surface area contributed by atoms with E-state index in [2.05, 4.69) is 5.32 Å². The van der Waals surface area contributed by atoms with Crippen LogP contribution in [-0.2, 0) is 11.2 Å². The number of amides is 1. The van der Waals surface area contributed by atoms with Crippen LogP contribution in [0.25, 0.3) is 0 Å². The molecule has 1 heterocycles. The molecule has 0 unspecified atom stereocenters. The van der Waals surface area contributed by atoms with Gasteiger partial charge in [-0.25, -0.2) is 0 Å². The molecule has 0 aliphatic heterocycles. The maximum Gasteiger partial charge on any atom is 0.220 e. The summed E-state index contributed by atoms with van der Waals surface area (Å²) in [7, 11) is 0. The molecule has 0 aromatic carbocycles. The SMILES string of the molecule is O=C(CCCO)NCCc1ccc(Cl)s1. The summed E-state index contributed by atoms with van der Waals surface area (Å²) in [5.41, 5.74) is 0. The van der Waals surface area contributed by atoms with Crippen LogP contribution in [-0.4, -0.2) is 24.2 Å². The van der Waals surface area contributed by atoms with Crippen LogP contribution < -0.4 is 5.32 Å². The highest BCUT2D eigenvalue weighted by molar-refractivity contribution is 7.16. The van der Waals surface area contributed by atoms with E-state index in [-0.39, 0.29) is 12.5 Å². The maximum atomic E-state index is 11.2. The van der Waals surface area contributed by atoms with Crippen molar-refractivity contribution in [2.75, 3.05) is 13.2 Å². The highest BCUT2D eigenvalue weighted by atomic mass is 35.5. The predicted molar refractivity (Wildman–Crippen MR) is 62.4 cm³/mol. The summed E-state index contributed by atoms with van der Waals surface area (Å²) >= 11 is 7.31. The lowest BCUT2D eigenvalue weighted by molar-refractivity contribution is -0.121. The number of nitrogens with one attached hydrogen (secondary N) is 1. The minimum Gasteiger partial charge on any atom is -0.396 e. The van der Waals surface area contributed by atoms with Gasteiger partial charge in [0.05, 0.1) is 4.34 Å². The molecule has 3 nitrogen and oxygen atoms in total.